The lowest BCUT2D eigenvalue weighted by Gasteiger charge is -2.34. The van der Waals surface area contributed by atoms with Gasteiger partial charge in [-0.1, -0.05) is 135 Å². The summed E-state index contributed by atoms with van der Waals surface area (Å²) < 4.78 is 0. The summed E-state index contributed by atoms with van der Waals surface area (Å²) in [6.07, 6.45) is 28.7. The van der Waals surface area contributed by atoms with E-state index in [4.69, 9.17) is 0 Å². The number of Topliss-reactive ketones (excluding diaryl/α,β-unsaturated/α-hetero) is 2. The van der Waals surface area contributed by atoms with E-state index < -0.39 is 12.2 Å². The number of aliphatic hydroxyl groups is 2. The molecule has 0 saturated carbocycles. The Morgan fingerprint density at radius 2 is 1.04 bits per heavy atom. The summed E-state index contributed by atoms with van der Waals surface area (Å²) in [5, 5.41) is 20.1. The summed E-state index contributed by atoms with van der Waals surface area (Å²) in [6.45, 7) is 20.1. The van der Waals surface area contributed by atoms with E-state index in [-0.39, 0.29) is 22.4 Å². The maximum Gasteiger partial charge on any atom is 0.187 e. The molecule has 0 unspecified atom stereocenters. The molecule has 0 aromatic heterocycles. The van der Waals surface area contributed by atoms with Crippen LogP contribution in [0.2, 0.25) is 0 Å². The van der Waals surface area contributed by atoms with Crippen LogP contribution in [0.1, 0.15) is 88.5 Å². The van der Waals surface area contributed by atoms with Crippen LogP contribution in [-0.2, 0) is 9.59 Å². The van der Waals surface area contributed by atoms with Crippen molar-refractivity contribution in [2.75, 3.05) is 0 Å². The average Bonchev–Trinajstić information content (AvgIpc) is 2.94. The molecule has 2 N–H and O–H groups in total. The van der Waals surface area contributed by atoms with Gasteiger partial charge in [0.2, 0.25) is 0 Å². The van der Waals surface area contributed by atoms with Gasteiger partial charge in [-0.2, -0.15) is 0 Å². The van der Waals surface area contributed by atoms with E-state index in [1.54, 1.807) is 6.92 Å². The first-order chi connectivity index (χ1) is 21.0. The molecule has 0 aromatic rings. The lowest BCUT2D eigenvalue weighted by Crippen LogP contribution is -2.35. The molecule has 0 radical (unpaired) electrons. The molecule has 4 heteroatoms. The van der Waals surface area contributed by atoms with Crippen molar-refractivity contribution < 1.29 is 19.8 Å². The van der Waals surface area contributed by atoms with Crippen LogP contribution in [0, 0.1) is 10.8 Å². The van der Waals surface area contributed by atoms with Gasteiger partial charge in [-0.15, -0.1) is 0 Å². The van der Waals surface area contributed by atoms with Gasteiger partial charge in [0.15, 0.2) is 11.6 Å². The van der Waals surface area contributed by atoms with E-state index in [9.17, 15) is 19.8 Å². The van der Waals surface area contributed by atoms with Crippen molar-refractivity contribution in [1.82, 2.24) is 0 Å². The molecule has 0 fully saturated rings. The second kappa shape index (κ2) is 16.6. The Hall–Kier alpha value is -3.60. The molecule has 0 aromatic carbocycles. The highest BCUT2D eigenvalue weighted by molar-refractivity contribution is 6.01. The minimum atomic E-state index is -0.905. The summed E-state index contributed by atoms with van der Waals surface area (Å²) in [5.41, 5.74) is 7.31. The van der Waals surface area contributed by atoms with Gasteiger partial charge in [0.25, 0.3) is 0 Å². The average molecular weight is 611 g/mol. The van der Waals surface area contributed by atoms with Gasteiger partial charge in [0.1, 0.15) is 12.2 Å². The van der Waals surface area contributed by atoms with Gasteiger partial charge in [-0.25, -0.2) is 0 Å². The smallest absolute Gasteiger partial charge is 0.187 e. The Morgan fingerprint density at radius 3 is 1.53 bits per heavy atom. The summed E-state index contributed by atoms with van der Waals surface area (Å²) in [4.78, 5) is 24.5. The maximum absolute atomic E-state index is 12.2. The fourth-order valence-corrected chi connectivity index (χ4v) is 5.79. The molecule has 2 aliphatic rings. The number of ketones is 2. The minimum absolute atomic E-state index is 0.167. The van der Waals surface area contributed by atoms with Crippen LogP contribution in [0.25, 0.3) is 0 Å². The minimum Gasteiger partial charge on any atom is -0.385 e. The molecule has 4 nitrogen and oxygen atoms in total. The van der Waals surface area contributed by atoms with Crippen LogP contribution in [0.3, 0.4) is 0 Å². The number of rotatable bonds is 11. The SMILES string of the molecule is CC1=C(/C=C/C(C)=C/C=C/C(C)=C/C=C/C=C(C)/C=C/C/C=C(C)/C=C/C2=C(C)C(=O)[C@@H](O)CC2(C)C)C(C)(C)C[C@H](O)C1=O. The Morgan fingerprint density at radius 1 is 0.644 bits per heavy atom. The number of carbonyl (C=O) groups excluding carboxylic acids is 2. The van der Waals surface area contributed by atoms with Crippen molar-refractivity contribution in [1.29, 1.82) is 0 Å². The number of aliphatic hydroxyl groups excluding tert-OH is 2. The first-order valence-electron chi connectivity index (χ1n) is 15.9. The lowest BCUT2D eigenvalue weighted by atomic mass is 9.71. The van der Waals surface area contributed by atoms with Crippen LogP contribution in [0.15, 0.2) is 130 Å². The van der Waals surface area contributed by atoms with Gasteiger partial charge >= 0.3 is 0 Å². The summed E-state index contributed by atoms with van der Waals surface area (Å²) in [7, 11) is 0. The Labute approximate surface area is 272 Å². The van der Waals surface area contributed by atoms with Gasteiger partial charge in [-0.3, -0.25) is 9.59 Å². The normalized spacial score (nSPS) is 24.3. The molecule has 0 amide bonds. The van der Waals surface area contributed by atoms with Crippen molar-refractivity contribution >= 4 is 11.6 Å². The second-order valence-corrected chi connectivity index (χ2v) is 13.7. The summed E-state index contributed by atoms with van der Waals surface area (Å²) in [6, 6.07) is 0. The molecule has 0 aliphatic heterocycles. The van der Waals surface area contributed by atoms with E-state index in [1.165, 1.54) is 0 Å². The number of allylic oxidation sites excluding steroid dienone is 20. The molecule has 0 heterocycles. The molecule has 0 bridgehead atoms. The van der Waals surface area contributed by atoms with Crippen molar-refractivity contribution in [3.05, 3.63) is 130 Å². The second-order valence-electron chi connectivity index (χ2n) is 13.7. The summed E-state index contributed by atoms with van der Waals surface area (Å²) in [5.74, 6) is -0.340. The standard InChI is InChI=1S/C41H54O4/c1-28(17-13-14-19-30(3)22-24-34-32(5)38(44)36(42)26-40(34,7)8)16-11-12-18-29(2)20-15-21-31(4)23-25-35-33(6)39(45)37(43)27-41(35,9)10/h11-13,15-25,36-37,42-43H,14,26-27H2,1-10H3/b12-11+,17-13+,20-15+,24-22+,25-23+,28-16+,29-18+,30-19+,31-21+/t36-,37-/m0/s1. The third kappa shape index (κ3) is 11.4. The fourth-order valence-electron chi connectivity index (χ4n) is 5.79. The zero-order valence-corrected chi connectivity index (χ0v) is 29.1. The van der Waals surface area contributed by atoms with Crippen LogP contribution >= 0.6 is 0 Å². The Bertz CT molecular complexity index is 1470. The van der Waals surface area contributed by atoms with E-state index >= 15 is 0 Å². The molecule has 2 rings (SSSR count). The fraction of sp³-hybridized carbons (Fsp3) is 0.415. The van der Waals surface area contributed by atoms with Crippen molar-refractivity contribution in [2.45, 2.75) is 101 Å². The highest BCUT2D eigenvalue weighted by Gasteiger charge is 2.37. The number of hydrogen-bond acceptors (Lipinski definition) is 4. The molecule has 2 atom stereocenters. The van der Waals surface area contributed by atoms with Crippen LogP contribution < -0.4 is 0 Å². The van der Waals surface area contributed by atoms with Gasteiger partial charge in [-0.05, 0) is 93.9 Å². The topological polar surface area (TPSA) is 74.6 Å². The van der Waals surface area contributed by atoms with Crippen LogP contribution in [0.4, 0.5) is 0 Å². The zero-order chi connectivity index (χ0) is 33.9. The predicted molar refractivity (Wildman–Crippen MR) is 190 cm³/mol. The molecule has 0 saturated heterocycles. The molecular weight excluding hydrogens is 556 g/mol. The van der Waals surface area contributed by atoms with E-state index in [0.29, 0.717) is 24.0 Å². The molecule has 2 aliphatic carbocycles. The molecule has 45 heavy (non-hydrogen) atoms. The first-order valence-corrected chi connectivity index (χ1v) is 15.9. The monoisotopic (exact) mass is 610 g/mol. The van der Waals surface area contributed by atoms with Crippen molar-refractivity contribution in [3.8, 4) is 0 Å². The Kier molecular flexibility index (Phi) is 13.9. The number of carbonyl (C=O) groups is 2. The van der Waals surface area contributed by atoms with E-state index in [1.807, 2.05) is 56.4 Å². The number of hydrogen-bond donors (Lipinski definition) is 2. The third-order valence-corrected chi connectivity index (χ3v) is 8.55. The van der Waals surface area contributed by atoms with Gasteiger partial charge in [0, 0.05) is 0 Å². The highest BCUT2D eigenvalue weighted by atomic mass is 16.3. The summed E-state index contributed by atoms with van der Waals surface area (Å²) >= 11 is 0. The van der Waals surface area contributed by atoms with E-state index in [0.717, 1.165) is 39.9 Å². The molecule has 242 valence electrons. The predicted octanol–water partition coefficient (Wildman–Crippen LogP) is 9.30. The van der Waals surface area contributed by atoms with E-state index in [2.05, 4.69) is 91.0 Å². The highest BCUT2D eigenvalue weighted by Crippen LogP contribution is 2.40. The van der Waals surface area contributed by atoms with Gasteiger partial charge in [0.05, 0.1) is 0 Å². The maximum atomic E-state index is 12.2. The quantitative estimate of drug-likeness (QED) is 0.229. The molecular formula is C41H54O4. The largest absolute Gasteiger partial charge is 0.385 e. The molecule has 0 spiro atoms. The Balaban J connectivity index is 1.90. The van der Waals surface area contributed by atoms with Crippen LogP contribution in [-0.4, -0.2) is 34.0 Å². The third-order valence-electron chi connectivity index (χ3n) is 8.55. The van der Waals surface area contributed by atoms with Crippen molar-refractivity contribution in [2.24, 2.45) is 10.8 Å². The lowest BCUT2D eigenvalue weighted by molar-refractivity contribution is -0.126. The first kappa shape index (κ1) is 37.6. The van der Waals surface area contributed by atoms with Crippen molar-refractivity contribution in [3.63, 3.8) is 0 Å². The van der Waals surface area contributed by atoms with Gasteiger partial charge < -0.3 is 10.2 Å². The van der Waals surface area contributed by atoms with Crippen LogP contribution in [0.5, 0.6) is 0 Å². The zero-order valence-electron chi connectivity index (χ0n) is 29.1.